The van der Waals surface area contributed by atoms with Crippen LogP contribution < -0.4 is 15.8 Å². The first-order chi connectivity index (χ1) is 7.87. The number of guanidine groups is 1. The van der Waals surface area contributed by atoms with Gasteiger partial charge in [-0.2, -0.15) is 0 Å². The van der Waals surface area contributed by atoms with Crippen LogP contribution in [0.4, 0.5) is 0 Å². The largest absolute Gasteiger partial charge is 0.370 e. The minimum Gasteiger partial charge on any atom is -0.370 e. The monoisotopic (exact) mass is 392 g/mol. The summed E-state index contributed by atoms with van der Waals surface area (Å²) in [6.07, 6.45) is 0.678. The summed E-state index contributed by atoms with van der Waals surface area (Å²) in [5.74, 6) is 1.00. The molecule has 0 rings (SSSR count). The number of aliphatic imine (C=N–C) groups is 1. The summed E-state index contributed by atoms with van der Waals surface area (Å²) < 4.78 is 24.7. The second kappa shape index (κ2) is 10.8. The predicted octanol–water partition coefficient (Wildman–Crippen LogP) is 0.494. The average Bonchev–Trinajstić information content (AvgIpc) is 2.25. The number of rotatable bonds is 8. The van der Waals surface area contributed by atoms with Crippen LogP contribution in [0.15, 0.2) is 4.99 Å². The number of halogens is 1. The molecular weight excluding hydrogens is 367 g/mol. The molecule has 0 aliphatic rings. The van der Waals surface area contributed by atoms with Crippen LogP contribution in [-0.4, -0.2) is 39.8 Å². The molecule has 6 nitrogen and oxygen atoms in total. The van der Waals surface area contributed by atoms with Crippen LogP contribution in [0.1, 0.15) is 27.2 Å². The predicted molar refractivity (Wildman–Crippen MR) is 86.8 cm³/mol. The maximum atomic E-state index is 11.1. The summed E-state index contributed by atoms with van der Waals surface area (Å²) in [6.45, 7) is 7.46. The third-order valence-electron chi connectivity index (χ3n) is 1.99. The van der Waals surface area contributed by atoms with Gasteiger partial charge in [0, 0.05) is 19.6 Å². The van der Waals surface area contributed by atoms with Crippen LogP contribution in [0.25, 0.3) is 0 Å². The van der Waals surface area contributed by atoms with Crippen LogP contribution in [0.2, 0.25) is 0 Å². The molecule has 0 saturated heterocycles. The van der Waals surface area contributed by atoms with Crippen molar-refractivity contribution in [1.82, 2.24) is 10.0 Å². The molecule has 0 unspecified atom stereocenters. The van der Waals surface area contributed by atoms with Crippen molar-refractivity contribution in [2.75, 3.05) is 25.4 Å². The highest BCUT2D eigenvalue weighted by atomic mass is 127. The molecule has 0 aromatic carbocycles. The number of nitrogens with zero attached hydrogens (tertiary/aromatic N) is 1. The SMILES string of the molecule is CCS(=O)(=O)NCCCNC(N)=NCC(C)C.I. The molecular formula is C10H25IN4O2S. The molecule has 0 radical (unpaired) electrons. The second-order valence-electron chi connectivity index (χ2n) is 4.20. The molecule has 0 heterocycles. The molecule has 110 valence electrons. The van der Waals surface area contributed by atoms with Crippen LogP contribution in [0, 0.1) is 5.92 Å². The third-order valence-corrected chi connectivity index (χ3v) is 3.39. The first-order valence-electron chi connectivity index (χ1n) is 5.88. The van der Waals surface area contributed by atoms with E-state index in [0.29, 0.717) is 37.9 Å². The quantitative estimate of drug-likeness (QED) is 0.243. The lowest BCUT2D eigenvalue weighted by Crippen LogP contribution is -2.35. The highest BCUT2D eigenvalue weighted by Gasteiger charge is 2.04. The van der Waals surface area contributed by atoms with Crippen molar-refractivity contribution in [3.63, 3.8) is 0 Å². The molecule has 0 bridgehead atoms. The van der Waals surface area contributed by atoms with E-state index in [1.165, 1.54) is 0 Å². The number of hydrogen-bond acceptors (Lipinski definition) is 3. The summed E-state index contributed by atoms with van der Waals surface area (Å²) >= 11 is 0. The first-order valence-corrected chi connectivity index (χ1v) is 7.53. The lowest BCUT2D eigenvalue weighted by molar-refractivity contribution is 0.579. The summed E-state index contributed by atoms with van der Waals surface area (Å²) in [6, 6.07) is 0. The first kappa shape index (κ1) is 20.2. The minimum atomic E-state index is -3.08. The lowest BCUT2D eigenvalue weighted by Gasteiger charge is -2.07. The highest BCUT2D eigenvalue weighted by molar-refractivity contribution is 14.0. The van der Waals surface area contributed by atoms with E-state index in [4.69, 9.17) is 5.73 Å². The summed E-state index contributed by atoms with van der Waals surface area (Å²) in [4.78, 5) is 4.13. The van der Waals surface area contributed by atoms with Gasteiger partial charge in [0.1, 0.15) is 0 Å². The van der Waals surface area contributed by atoms with Gasteiger partial charge < -0.3 is 11.1 Å². The normalized spacial score (nSPS) is 12.3. The van der Waals surface area contributed by atoms with Crippen LogP contribution in [0.5, 0.6) is 0 Å². The Bertz CT molecular complexity index is 331. The molecule has 0 amide bonds. The zero-order valence-electron chi connectivity index (χ0n) is 11.3. The molecule has 8 heteroatoms. The maximum Gasteiger partial charge on any atom is 0.211 e. The fourth-order valence-electron chi connectivity index (χ4n) is 0.971. The zero-order valence-corrected chi connectivity index (χ0v) is 14.4. The van der Waals surface area contributed by atoms with E-state index in [-0.39, 0.29) is 29.7 Å². The van der Waals surface area contributed by atoms with Gasteiger partial charge in [0.2, 0.25) is 10.0 Å². The Labute approximate surface area is 127 Å². The molecule has 0 aliphatic heterocycles. The van der Waals surface area contributed by atoms with E-state index in [9.17, 15) is 8.42 Å². The Kier molecular flexibility index (Phi) is 12.1. The van der Waals surface area contributed by atoms with Gasteiger partial charge in [0.25, 0.3) is 0 Å². The van der Waals surface area contributed by atoms with Crippen molar-refractivity contribution < 1.29 is 8.42 Å². The van der Waals surface area contributed by atoms with Crippen molar-refractivity contribution >= 4 is 40.0 Å². The van der Waals surface area contributed by atoms with Crippen molar-refractivity contribution in [2.24, 2.45) is 16.6 Å². The minimum absolute atomic E-state index is 0. The Hall–Kier alpha value is -0.0900. The Morgan fingerprint density at radius 3 is 2.44 bits per heavy atom. The van der Waals surface area contributed by atoms with E-state index in [2.05, 4.69) is 28.9 Å². The third kappa shape index (κ3) is 12.4. The van der Waals surface area contributed by atoms with Crippen molar-refractivity contribution in [1.29, 1.82) is 0 Å². The fraction of sp³-hybridized carbons (Fsp3) is 0.900. The maximum absolute atomic E-state index is 11.1. The lowest BCUT2D eigenvalue weighted by atomic mass is 10.2. The zero-order chi connectivity index (χ0) is 13.3. The average molecular weight is 392 g/mol. The van der Waals surface area contributed by atoms with E-state index in [1.807, 2.05) is 0 Å². The van der Waals surface area contributed by atoms with E-state index >= 15 is 0 Å². The van der Waals surface area contributed by atoms with Crippen LogP contribution >= 0.6 is 24.0 Å². The van der Waals surface area contributed by atoms with Gasteiger partial charge in [-0.25, -0.2) is 13.1 Å². The summed E-state index contributed by atoms with van der Waals surface area (Å²) in [7, 11) is -3.08. The number of hydrogen-bond donors (Lipinski definition) is 3. The van der Waals surface area contributed by atoms with Gasteiger partial charge in [-0.15, -0.1) is 24.0 Å². The number of nitrogens with two attached hydrogens (primary N) is 1. The number of nitrogens with one attached hydrogen (secondary N) is 2. The Morgan fingerprint density at radius 1 is 1.33 bits per heavy atom. The van der Waals surface area contributed by atoms with Gasteiger partial charge in [0.15, 0.2) is 5.96 Å². The van der Waals surface area contributed by atoms with Gasteiger partial charge in [0.05, 0.1) is 5.75 Å². The smallest absolute Gasteiger partial charge is 0.211 e. The molecule has 0 aliphatic carbocycles. The molecule has 4 N–H and O–H groups in total. The Balaban J connectivity index is 0. The number of sulfonamides is 1. The molecule has 0 aromatic rings. The van der Waals surface area contributed by atoms with E-state index in [1.54, 1.807) is 6.92 Å². The van der Waals surface area contributed by atoms with Gasteiger partial charge in [-0.1, -0.05) is 13.8 Å². The highest BCUT2D eigenvalue weighted by Crippen LogP contribution is 1.90. The summed E-state index contributed by atoms with van der Waals surface area (Å²) in [5.41, 5.74) is 5.62. The van der Waals surface area contributed by atoms with Crippen LogP contribution in [-0.2, 0) is 10.0 Å². The molecule has 0 aromatic heterocycles. The van der Waals surface area contributed by atoms with Crippen LogP contribution in [0.3, 0.4) is 0 Å². The van der Waals surface area contributed by atoms with Crippen molar-refractivity contribution in [3.05, 3.63) is 0 Å². The second-order valence-corrected chi connectivity index (χ2v) is 6.29. The molecule has 0 saturated carbocycles. The Morgan fingerprint density at radius 2 is 1.94 bits per heavy atom. The fourth-order valence-corrected chi connectivity index (χ4v) is 1.63. The van der Waals surface area contributed by atoms with Gasteiger partial charge in [-0.05, 0) is 19.3 Å². The molecule has 18 heavy (non-hydrogen) atoms. The van der Waals surface area contributed by atoms with Gasteiger partial charge >= 0.3 is 0 Å². The molecule has 0 spiro atoms. The standard InChI is InChI=1S/C10H24N4O2S.HI/c1-4-17(15,16)14-7-5-6-12-10(11)13-8-9(2)3;/h9,14H,4-8H2,1-3H3,(H3,11,12,13);1H. The van der Waals surface area contributed by atoms with Crippen molar-refractivity contribution in [3.8, 4) is 0 Å². The topological polar surface area (TPSA) is 96.6 Å². The molecule has 0 fully saturated rings. The van der Waals surface area contributed by atoms with E-state index < -0.39 is 10.0 Å². The van der Waals surface area contributed by atoms with Gasteiger partial charge in [-0.3, -0.25) is 4.99 Å². The van der Waals surface area contributed by atoms with Crippen molar-refractivity contribution in [2.45, 2.75) is 27.2 Å². The molecule has 0 atom stereocenters. The summed E-state index contributed by atoms with van der Waals surface area (Å²) in [5, 5.41) is 2.94. The van der Waals surface area contributed by atoms with E-state index in [0.717, 1.165) is 0 Å².